The SMILES string of the molecule is CC[NH+]1CCCc2c([nH]c3ccccc23)[C@H]1c1ccccc1. The summed E-state index contributed by atoms with van der Waals surface area (Å²) in [6, 6.07) is 20.2. The molecule has 0 radical (unpaired) electrons. The first kappa shape index (κ1) is 13.6. The lowest BCUT2D eigenvalue weighted by atomic mass is 9.98. The Labute approximate surface area is 131 Å². The topological polar surface area (TPSA) is 20.2 Å². The molecule has 0 bridgehead atoms. The van der Waals surface area contributed by atoms with Crippen molar-refractivity contribution in [3.8, 4) is 0 Å². The Morgan fingerprint density at radius 2 is 1.82 bits per heavy atom. The number of para-hydroxylation sites is 1. The molecule has 2 atom stereocenters. The molecule has 1 aliphatic heterocycles. The molecule has 0 fully saturated rings. The number of quaternary nitrogens is 1. The lowest BCUT2D eigenvalue weighted by molar-refractivity contribution is -0.923. The van der Waals surface area contributed by atoms with Gasteiger partial charge in [0.05, 0.1) is 18.8 Å². The molecule has 0 saturated heterocycles. The lowest BCUT2D eigenvalue weighted by Gasteiger charge is -2.26. The Kier molecular flexibility index (Phi) is 3.47. The van der Waals surface area contributed by atoms with E-state index in [9.17, 15) is 0 Å². The molecule has 112 valence electrons. The summed E-state index contributed by atoms with van der Waals surface area (Å²) in [5, 5.41) is 1.41. The normalized spacial score (nSPS) is 21.5. The number of H-pyrrole nitrogens is 1. The van der Waals surface area contributed by atoms with Crippen LogP contribution >= 0.6 is 0 Å². The van der Waals surface area contributed by atoms with Crippen molar-refractivity contribution in [2.24, 2.45) is 0 Å². The summed E-state index contributed by atoms with van der Waals surface area (Å²) in [7, 11) is 0. The molecule has 4 rings (SSSR count). The predicted octanol–water partition coefficient (Wildman–Crippen LogP) is 3.11. The Balaban J connectivity index is 1.94. The molecule has 2 heterocycles. The highest BCUT2D eigenvalue weighted by atomic mass is 15.2. The average Bonchev–Trinajstić information content (AvgIpc) is 2.83. The Hall–Kier alpha value is -2.06. The maximum absolute atomic E-state index is 3.75. The van der Waals surface area contributed by atoms with Crippen LogP contribution in [0.5, 0.6) is 0 Å². The van der Waals surface area contributed by atoms with E-state index in [0.717, 1.165) is 6.54 Å². The zero-order valence-corrected chi connectivity index (χ0v) is 13.1. The largest absolute Gasteiger partial charge is 0.353 e. The van der Waals surface area contributed by atoms with Crippen LogP contribution in [0.4, 0.5) is 0 Å². The number of aromatic nitrogens is 1. The minimum absolute atomic E-state index is 0.427. The number of hydrogen-bond acceptors (Lipinski definition) is 0. The standard InChI is InChI=1S/C20H22N2/c1-2-22-14-8-12-17-16-11-6-7-13-18(16)21-19(17)20(22)15-9-4-3-5-10-15/h3-7,9-11,13,20-21H,2,8,12,14H2,1H3/p+1/t20-/m1/s1. The predicted molar refractivity (Wildman–Crippen MR) is 91.3 cm³/mol. The number of rotatable bonds is 2. The molecule has 22 heavy (non-hydrogen) atoms. The van der Waals surface area contributed by atoms with E-state index in [0.29, 0.717) is 6.04 Å². The first-order valence-electron chi connectivity index (χ1n) is 8.37. The van der Waals surface area contributed by atoms with Crippen LogP contribution in [0.25, 0.3) is 10.9 Å². The van der Waals surface area contributed by atoms with E-state index in [1.165, 1.54) is 47.1 Å². The van der Waals surface area contributed by atoms with Crippen molar-refractivity contribution in [3.05, 3.63) is 71.4 Å². The van der Waals surface area contributed by atoms with Crippen molar-refractivity contribution >= 4 is 10.9 Å². The highest BCUT2D eigenvalue weighted by Gasteiger charge is 2.31. The van der Waals surface area contributed by atoms with Gasteiger partial charge in [0.1, 0.15) is 0 Å². The van der Waals surface area contributed by atoms with Crippen LogP contribution in [0.15, 0.2) is 54.6 Å². The van der Waals surface area contributed by atoms with Gasteiger partial charge in [-0.15, -0.1) is 0 Å². The van der Waals surface area contributed by atoms with Crippen LogP contribution in [-0.4, -0.2) is 18.1 Å². The Morgan fingerprint density at radius 3 is 2.64 bits per heavy atom. The minimum Gasteiger partial charge on any atom is -0.353 e. The van der Waals surface area contributed by atoms with E-state index in [4.69, 9.17) is 0 Å². The Bertz CT molecular complexity index is 773. The molecule has 0 saturated carbocycles. The van der Waals surface area contributed by atoms with Crippen molar-refractivity contribution in [1.82, 2.24) is 4.98 Å². The molecule has 1 aromatic heterocycles. The highest BCUT2D eigenvalue weighted by Crippen LogP contribution is 2.31. The third-order valence-electron chi connectivity index (χ3n) is 5.06. The van der Waals surface area contributed by atoms with Crippen LogP contribution in [0, 0.1) is 0 Å². The second-order valence-corrected chi connectivity index (χ2v) is 6.27. The first-order chi connectivity index (χ1) is 10.9. The summed E-state index contributed by atoms with van der Waals surface area (Å²) >= 11 is 0. The van der Waals surface area contributed by atoms with Gasteiger partial charge in [0.2, 0.25) is 0 Å². The Morgan fingerprint density at radius 1 is 1.05 bits per heavy atom. The van der Waals surface area contributed by atoms with Crippen LogP contribution in [0.1, 0.15) is 36.2 Å². The monoisotopic (exact) mass is 291 g/mol. The molecule has 2 heteroatoms. The first-order valence-corrected chi connectivity index (χ1v) is 8.37. The molecule has 0 aliphatic carbocycles. The van der Waals surface area contributed by atoms with Gasteiger partial charge in [0.15, 0.2) is 6.04 Å². The fraction of sp³-hybridized carbons (Fsp3) is 0.300. The summed E-state index contributed by atoms with van der Waals surface area (Å²) in [5.74, 6) is 0. The van der Waals surface area contributed by atoms with E-state index in [1.54, 1.807) is 4.90 Å². The van der Waals surface area contributed by atoms with Crippen molar-refractivity contribution in [2.45, 2.75) is 25.8 Å². The van der Waals surface area contributed by atoms with Crippen LogP contribution in [0.3, 0.4) is 0 Å². The third-order valence-corrected chi connectivity index (χ3v) is 5.06. The average molecular weight is 291 g/mol. The summed E-state index contributed by atoms with van der Waals surface area (Å²) in [6.45, 7) is 4.71. The number of nitrogens with one attached hydrogen (secondary N) is 2. The summed E-state index contributed by atoms with van der Waals surface area (Å²) in [5.41, 5.74) is 5.68. The molecular formula is C20H23N2+. The van der Waals surface area contributed by atoms with E-state index in [-0.39, 0.29) is 0 Å². The van der Waals surface area contributed by atoms with Gasteiger partial charge in [-0.05, 0) is 25.0 Å². The van der Waals surface area contributed by atoms with Crippen LogP contribution < -0.4 is 4.90 Å². The van der Waals surface area contributed by atoms with E-state index < -0.39 is 0 Å². The van der Waals surface area contributed by atoms with Crippen molar-refractivity contribution in [3.63, 3.8) is 0 Å². The molecule has 2 N–H and O–H groups in total. The molecule has 0 spiro atoms. The number of aryl methyl sites for hydroxylation is 1. The molecule has 2 aromatic carbocycles. The molecule has 1 aliphatic rings. The molecule has 0 amide bonds. The second kappa shape index (κ2) is 5.62. The zero-order chi connectivity index (χ0) is 14.9. The maximum atomic E-state index is 3.75. The minimum atomic E-state index is 0.427. The molecule has 1 unspecified atom stereocenters. The van der Waals surface area contributed by atoms with Gasteiger partial charge in [-0.1, -0.05) is 48.5 Å². The van der Waals surface area contributed by atoms with Gasteiger partial charge in [0.25, 0.3) is 0 Å². The van der Waals surface area contributed by atoms with Gasteiger partial charge < -0.3 is 9.88 Å². The molecule has 2 nitrogen and oxygen atoms in total. The van der Waals surface area contributed by atoms with Gasteiger partial charge in [-0.3, -0.25) is 0 Å². The summed E-state index contributed by atoms with van der Waals surface area (Å²) in [6.07, 6.45) is 2.45. The van der Waals surface area contributed by atoms with Crippen molar-refractivity contribution in [1.29, 1.82) is 0 Å². The number of fused-ring (bicyclic) bond motifs is 3. The summed E-state index contributed by atoms with van der Waals surface area (Å²) < 4.78 is 0. The zero-order valence-electron chi connectivity index (χ0n) is 13.1. The third kappa shape index (κ3) is 2.15. The number of benzene rings is 2. The second-order valence-electron chi connectivity index (χ2n) is 6.27. The highest BCUT2D eigenvalue weighted by molar-refractivity contribution is 5.85. The van der Waals surface area contributed by atoms with Gasteiger partial charge in [-0.2, -0.15) is 0 Å². The fourth-order valence-electron chi connectivity index (χ4n) is 4.01. The van der Waals surface area contributed by atoms with Crippen LogP contribution in [-0.2, 0) is 6.42 Å². The number of hydrogen-bond donors (Lipinski definition) is 2. The molecule has 3 aromatic rings. The molecular weight excluding hydrogens is 268 g/mol. The van der Waals surface area contributed by atoms with Gasteiger partial charge >= 0.3 is 0 Å². The lowest BCUT2D eigenvalue weighted by Crippen LogP contribution is -3.12. The van der Waals surface area contributed by atoms with Crippen molar-refractivity contribution < 1.29 is 4.90 Å². The van der Waals surface area contributed by atoms with E-state index in [2.05, 4.69) is 66.5 Å². The maximum Gasteiger partial charge on any atom is 0.154 e. The smallest absolute Gasteiger partial charge is 0.154 e. The van der Waals surface area contributed by atoms with Crippen molar-refractivity contribution in [2.75, 3.05) is 13.1 Å². The van der Waals surface area contributed by atoms with Gasteiger partial charge in [-0.25, -0.2) is 0 Å². The van der Waals surface area contributed by atoms with Crippen LogP contribution in [0.2, 0.25) is 0 Å². The number of aromatic amines is 1. The van der Waals surface area contributed by atoms with Gasteiger partial charge in [0, 0.05) is 22.9 Å². The summed E-state index contributed by atoms with van der Waals surface area (Å²) in [4.78, 5) is 5.41. The fourth-order valence-corrected chi connectivity index (χ4v) is 4.01. The van der Waals surface area contributed by atoms with E-state index >= 15 is 0 Å². The van der Waals surface area contributed by atoms with E-state index in [1.807, 2.05) is 0 Å². The quantitative estimate of drug-likeness (QED) is 0.723.